The largest absolute Gasteiger partial charge is 0.282 e. The predicted molar refractivity (Wildman–Crippen MR) is 62.7 cm³/mol. The van der Waals surface area contributed by atoms with Gasteiger partial charge in [-0.1, -0.05) is 12.1 Å². The summed E-state index contributed by atoms with van der Waals surface area (Å²) in [6, 6.07) is 7.75. The number of rotatable bonds is 4. The van der Waals surface area contributed by atoms with Gasteiger partial charge in [-0.15, -0.1) is 15.0 Å². The van der Waals surface area contributed by atoms with Crippen LogP contribution in [-0.2, 0) is 21.9 Å². The zero-order valence-corrected chi connectivity index (χ0v) is 10.3. The van der Waals surface area contributed by atoms with E-state index in [9.17, 15) is 4.21 Å². The van der Waals surface area contributed by atoms with E-state index in [1.54, 1.807) is 0 Å². The number of nitrogens with zero attached hydrogens (tertiary/aromatic N) is 4. The minimum Gasteiger partial charge on any atom is -0.282 e. The van der Waals surface area contributed by atoms with Crippen LogP contribution in [-0.4, -0.2) is 30.7 Å². The Kier molecular flexibility index (Phi) is 3.60. The molecular formula is C10H12N4O2S. The van der Waals surface area contributed by atoms with Crippen LogP contribution in [0.4, 0.5) is 0 Å². The van der Waals surface area contributed by atoms with Crippen LogP contribution >= 0.6 is 0 Å². The van der Waals surface area contributed by atoms with E-state index in [4.69, 9.17) is 4.18 Å². The quantitative estimate of drug-likeness (QED) is 0.804. The number of tetrazole rings is 1. The summed E-state index contributed by atoms with van der Waals surface area (Å²) in [6.45, 7) is 2.08. The van der Waals surface area contributed by atoms with Gasteiger partial charge >= 0.3 is 0 Å². The maximum Gasteiger partial charge on any atom is 0.202 e. The van der Waals surface area contributed by atoms with Crippen molar-refractivity contribution in [2.45, 2.75) is 13.5 Å². The number of aromatic nitrogens is 4. The number of benzene rings is 1. The summed E-state index contributed by atoms with van der Waals surface area (Å²) in [5.74, 6) is 0.404. The molecule has 0 aliphatic heterocycles. The topological polar surface area (TPSA) is 69.9 Å². The molecule has 0 amide bonds. The van der Waals surface area contributed by atoms with Crippen molar-refractivity contribution in [3.8, 4) is 5.69 Å². The van der Waals surface area contributed by atoms with Crippen LogP contribution in [0, 0.1) is 6.92 Å². The Balaban J connectivity index is 2.15. The summed E-state index contributed by atoms with van der Waals surface area (Å²) >= 11 is -1.32. The molecule has 0 aliphatic carbocycles. The lowest BCUT2D eigenvalue weighted by Gasteiger charge is -1.98. The zero-order valence-electron chi connectivity index (χ0n) is 9.53. The van der Waals surface area contributed by atoms with Crippen LogP contribution in [0.15, 0.2) is 24.3 Å². The number of aryl methyl sites for hydroxylation is 1. The first-order valence-electron chi connectivity index (χ1n) is 4.98. The van der Waals surface area contributed by atoms with Crippen molar-refractivity contribution in [2.24, 2.45) is 0 Å². The van der Waals surface area contributed by atoms with E-state index in [1.807, 2.05) is 31.2 Å². The molecule has 0 fully saturated rings. The second-order valence-corrected chi connectivity index (χ2v) is 4.54. The molecule has 0 aliphatic rings. The molecule has 1 aromatic heterocycles. The first-order chi connectivity index (χ1) is 8.15. The van der Waals surface area contributed by atoms with Crippen LogP contribution in [0.2, 0.25) is 0 Å². The Morgan fingerprint density at radius 2 is 2.29 bits per heavy atom. The molecule has 2 aromatic rings. The molecule has 1 unspecified atom stereocenters. The third-order valence-electron chi connectivity index (χ3n) is 2.04. The third-order valence-corrected chi connectivity index (χ3v) is 2.49. The molecule has 0 bridgehead atoms. The molecule has 1 heterocycles. The van der Waals surface area contributed by atoms with Crippen molar-refractivity contribution in [3.05, 3.63) is 35.7 Å². The summed E-state index contributed by atoms with van der Waals surface area (Å²) in [4.78, 5) is 1.42. The molecule has 0 radical (unpaired) electrons. The Labute approximate surface area is 101 Å². The van der Waals surface area contributed by atoms with Crippen LogP contribution in [0.3, 0.4) is 0 Å². The second kappa shape index (κ2) is 5.15. The van der Waals surface area contributed by atoms with E-state index >= 15 is 0 Å². The number of hydrogen-bond acceptors (Lipinski definition) is 5. The molecule has 0 N–H and O–H groups in total. The van der Waals surface area contributed by atoms with E-state index in [-0.39, 0.29) is 6.61 Å². The van der Waals surface area contributed by atoms with E-state index in [0.29, 0.717) is 5.82 Å². The summed E-state index contributed by atoms with van der Waals surface area (Å²) in [5.41, 5.74) is 1.95. The summed E-state index contributed by atoms with van der Waals surface area (Å²) in [6.07, 6.45) is 1.45. The lowest BCUT2D eigenvalue weighted by atomic mass is 10.2. The van der Waals surface area contributed by atoms with E-state index < -0.39 is 11.1 Å². The molecule has 1 atom stereocenters. The molecule has 0 saturated heterocycles. The standard InChI is InChI=1S/C10H12N4O2S/c1-8-4-3-5-9(6-8)14-12-10(11-13-14)7-16-17(2)15/h3-6H,7H2,1-2H3. The van der Waals surface area contributed by atoms with Gasteiger partial charge in [0.25, 0.3) is 0 Å². The Hall–Kier alpha value is -1.60. The van der Waals surface area contributed by atoms with Crippen LogP contribution < -0.4 is 0 Å². The first kappa shape index (κ1) is 11.9. The van der Waals surface area contributed by atoms with Gasteiger partial charge in [0.05, 0.1) is 5.69 Å². The SMILES string of the molecule is Cc1cccc(-n2nnc(COS(C)=O)n2)c1. The monoisotopic (exact) mass is 252 g/mol. The van der Waals surface area contributed by atoms with Crippen molar-refractivity contribution >= 4 is 11.1 Å². The van der Waals surface area contributed by atoms with E-state index in [2.05, 4.69) is 15.4 Å². The fourth-order valence-electron chi connectivity index (χ4n) is 1.30. The highest BCUT2D eigenvalue weighted by molar-refractivity contribution is 7.79. The smallest absolute Gasteiger partial charge is 0.202 e. The van der Waals surface area contributed by atoms with Gasteiger partial charge < -0.3 is 0 Å². The highest BCUT2D eigenvalue weighted by Crippen LogP contribution is 2.07. The fraction of sp³-hybridized carbons (Fsp3) is 0.300. The van der Waals surface area contributed by atoms with Gasteiger partial charge in [0, 0.05) is 6.26 Å². The van der Waals surface area contributed by atoms with E-state index in [1.165, 1.54) is 11.1 Å². The van der Waals surface area contributed by atoms with Crippen molar-refractivity contribution in [3.63, 3.8) is 0 Å². The van der Waals surface area contributed by atoms with Gasteiger partial charge in [-0.3, -0.25) is 4.18 Å². The number of hydrogen-bond donors (Lipinski definition) is 0. The minimum atomic E-state index is -1.32. The molecule has 6 nitrogen and oxygen atoms in total. The van der Waals surface area contributed by atoms with Gasteiger partial charge in [-0.05, 0) is 29.8 Å². The highest BCUT2D eigenvalue weighted by atomic mass is 32.2. The fourth-order valence-corrected chi connectivity index (χ4v) is 1.57. The lowest BCUT2D eigenvalue weighted by molar-refractivity contribution is 0.328. The normalized spacial score (nSPS) is 12.6. The average Bonchev–Trinajstić information content (AvgIpc) is 2.75. The average molecular weight is 252 g/mol. The molecular weight excluding hydrogens is 240 g/mol. The predicted octanol–water partition coefficient (Wildman–Crippen LogP) is 0.781. The van der Waals surface area contributed by atoms with Gasteiger partial charge in [0.2, 0.25) is 5.82 Å². The molecule has 17 heavy (non-hydrogen) atoms. The van der Waals surface area contributed by atoms with Crippen LogP contribution in [0.25, 0.3) is 5.69 Å². The Morgan fingerprint density at radius 1 is 1.47 bits per heavy atom. The van der Waals surface area contributed by atoms with Crippen LogP contribution in [0.1, 0.15) is 11.4 Å². The van der Waals surface area contributed by atoms with Crippen LogP contribution in [0.5, 0.6) is 0 Å². The maximum atomic E-state index is 10.7. The molecule has 0 spiro atoms. The molecule has 2 rings (SSSR count). The Bertz CT molecular complexity index is 541. The molecule has 90 valence electrons. The summed E-state index contributed by atoms with van der Waals surface area (Å²) in [7, 11) is 0. The van der Waals surface area contributed by atoms with E-state index in [0.717, 1.165) is 11.3 Å². The van der Waals surface area contributed by atoms with Gasteiger partial charge in [0.1, 0.15) is 6.61 Å². The second-order valence-electron chi connectivity index (χ2n) is 3.50. The Morgan fingerprint density at radius 3 is 3.00 bits per heavy atom. The van der Waals surface area contributed by atoms with Gasteiger partial charge in [-0.25, -0.2) is 4.21 Å². The third kappa shape index (κ3) is 3.18. The van der Waals surface area contributed by atoms with Crippen molar-refractivity contribution < 1.29 is 8.39 Å². The zero-order chi connectivity index (χ0) is 12.3. The lowest BCUT2D eigenvalue weighted by Crippen LogP contribution is -2.01. The van der Waals surface area contributed by atoms with Gasteiger partial charge in [0.15, 0.2) is 11.1 Å². The van der Waals surface area contributed by atoms with Crippen molar-refractivity contribution in [2.75, 3.05) is 6.26 Å². The summed E-state index contributed by atoms with van der Waals surface area (Å²) < 4.78 is 15.6. The minimum absolute atomic E-state index is 0.0922. The molecule has 1 aromatic carbocycles. The molecule has 0 saturated carbocycles. The summed E-state index contributed by atoms with van der Waals surface area (Å²) in [5, 5.41) is 11.8. The van der Waals surface area contributed by atoms with Crippen molar-refractivity contribution in [1.82, 2.24) is 20.2 Å². The van der Waals surface area contributed by atoms with Gasteiger partial charge in [-0.2, -0.15) is 0 Å². The maximum absolute atomic E-state index is 10.7. The molecule has 7 heteroatoms. The van der Waals surface area contributed by atoms with Crippen molar-refractivity contribution in [1.29, 1.82) is 0 Å². The highest BCUT2D eigenvalue weighted by Gasteiger charge is 2.05. The first-order valence-corrected chi connectivity index (χ1v) is 6.46.